The van der Waals surface area contributed by atoms with Crippen molar-refractivity contribution in [2.75, 3.05) is 18.4 Å². The highest BCUT2D eigenvalue weighted by atomic mass is 32.5. The Morgan fingerprint density at radius 2 is 1.86 bits per heavy atom. The number of hydrogen-bond acceptors (Lipinski definition) is 5. The number of pyridine rings is 1. The molecule has 1 N–H and O–H groups in total. The van der Waals surface area contributed by atoms with Crippen molar-refractivity contribution in [1.29, 1.82) is 0 Å². The molecule has 2 aromatic heterocycles. The molecule has 1 fully saturated rings. The fourth-order valence-electron chi connectivity index (χ4n) is 4.47. The van der Waals surface area contributed by atoms with Crippen LogP contribution in [0.3, 0.4) is 0 Å². The number of aryl methyl sites for hydroxylation is 1. The zero-order chi connectivity index (χ0) is 26.7. The van der Waals surface area contributed by atoms with Gasteiger partial charge in [-0.1, -0.05) is 31.6 Å². The van der Waals surface area contributed by atoms with Crippen molar-refractivity contribution >= 4 is 32.9 Å². The first-order chi connectivity index (χ1) is 16.4. The van der Waals surface area contributed by atoms with Crippen LogP contribution in [-0.2, 0) is 10.3 Å². The first kappa shape index (κ1) is 25.9. The molecule has 0 spiro atoms. The minimum absolute atomic E-state index is 0.0154. The zero-order valence-electron chi connectivity index (χ0n) is 20.1. The fourth-order valence-corrected chi connectivity index (χ4v) is 5.17. The Bertz CT molecular complexity index is 1440. The number of rotatable bonds is 5. The molecule has 0 bridgehead atoms. The van der Waals surface area contributed by atoms with E-state index < -0.39 is 26.7 Å². The van der Waals surface area contributed by atoms with Gasteiger partial charge < -0.3 is 14.8 Å². The van der Waals surface area contributed by atoms with Crippen LogP contribution in [0.5, 0.6) is 0 Å². The summed E-state index contributed by atoms with van der Waals surface area (Å²) in [4.78, 5) is 33.1. The lowest BCUT2D eigenvalue weighted by Crippen LogP contribution is -2.41. The Labute approximate surface area is 204 Å². The van der Waals surface area contributed by atoms with Gasteiger partial charge in [-0.3, -0.25) is 9.59 Å². The highest BCUT2D eigenvalue weighted by Gasteiger charge is 2.65. The van der Waals surface area contributed by atoms with E-state index in [1.165, 1.54) is 30.5 Å². The van der Waals surface area contributed by atoms with Gasteiger partial charge in [-0.05, 0) is 44.9 Å². The summed E-state index contributed by atoms with van der Waals surface area (Å²) in [7, 11) is -9.84. The van der Waals surface area contributed by atoms with Crippen LogP contribution in [0.2, 0.25) is 0 Å². The molecule has 13 heteroatoms. The van der Waals surface area contributed by atoms with E-state index in [0.717, 1.165) is 6.07 Å². The van der Waals surface area contributed by atoms with Gasteiger partial charge in [0.05, 0.1) is 22.5 Å². The van der Waals surface area contributed by atoms with Gasteiger partial charge in [-0.15, -0.1) is 0 Å². The molecule has 1 saturated heterocycles. The first-order valence-electron chi connectivity index (χ1n) is 11.1. The summed E-state index contributed by atoms with van der Waals surface area (Å²) < 4.78 is 68.1. The van der Waals surface area contributed by atoms with Gasteiger partial charge in [-0.2, -0.15) is 0 Å². The molecule has 1 aliphatic rings. The van der Waals surface area contributed by atoms with Crippen LogP contribution in [-0.4, -0.2) is 38.4 Å². The molecule has 3 heterocycles. The SMILES string of the molecule is CC(=O)N1CCC(C)(n2cc3c(N[C@H](C)c4cccc(S(F)(F)(F)(F)F)c4)nc(C)nc3cc2=O)C1. The lowest BCUT2D eigenvalue weighted by molar-refractivity contribution is -0.128. The van der Waals surface area contributed by atoms with E-state index in [9.17, 15) is 29.0 Å². The number of carbonyl (C=O) groups excluding carboxylic acids is 1. The monoisotopic (exact) mass is 531 g/mol. The Morgan fingerprint density at radius 3 is 2.47 bits per heavy atom. The molecule has 1 aliphatic heterocycles. The summed E-state index contributed by atoms with van der Waals surface area (Å²) in [5, 5.41) is 3.42. The third kappa shape index (κ3) is 5.01. The molecular formula is C23H26F5N5O2S. The van der Waals surface area contributed by atoms with Crippen LogP contribution < -0.4 is 10.9 Å². The highest BCUT2D eigenvalue weighted by molar-refractivity contribution is 8.45. The summed E-state index contributed by atoms with van der Waals surface area (Å²) in [6.45, 7) is 7.26. The second kappa shape index (κ2) is 7.64. The number of benzene rings is 1. The Hall–Kier alpha value is -3.22. The van der Waals surface area contributed by atoms with Crippen LogP contribution in [0.1, 0.15) is 44.6 Å². The number of likely N-dealkylation sites (tertiary alicyclic amines) is 1. The van der Waals surface area contributed by atoms with Gasteiger partial charge in [0.1, 0.15) is 16.5 Å². The summed E-state index contributed by atoms with van der Waals surface area (Å²) >= 11 is 0. The largest absolute Gasteiger partial charge is 0.363 e. The number of carbonyl (C=O) groups is 1. The number of fused-ring (bicyclic) bond motifs is 1. The lowest BCUT2D eigenvalue weighted by Gasteiger charge is -2.40. The number of nitrogens with zero attached hydrogens (tertiary/aromatic N) is 4. The second-order valence-corrected chi connectivity index (χ2v) is 11.9. The maximum absolute atomic E-state index is 13.3. The maximum atomic E-state index is 13.3. The van der Waals surface area contributed by atoms with Gasteiger partial charge in [-0.25, -0.2) is 9.97 Å². The van der Waals surface area contributed by atoms with Crippen molar-refractivity contribution in [2.45, 2.75) is 50.6 Å². The molecule has 0 radical (unpaired) electrons. The van der Waals surface area contributed by atoms with Crippen LogP contribution in [0.15, 0.2) is 46.2 Å². The van der Waals surface area contributed by atoms with Crippen molar-refractivity contribution in [3.63, 3.8) is 0 Å². The second-order valence-electron chi connectivity index (χ2n) is 9.50. The van der Waals surface area contributed by atoms with E-state index in [-0.39, 0.29) is 22.8 Å². The number of hydrogen-bond donors (Lipinski definition) is 1. The number of anilines is 1. The quantitative estimate of drug-likeness (QED) is 0.415. The number of halogens is 5. The van der Waals surface area contributed by atoms with Crippen molar-refractivity contribution in [2.24, 2.45) is 0 Å². The van der Waals surface area contributed by atoms with Crippen molar-refractivity contribution in [1.82, 2.24) is 19.4 Å². The van der Waals surface area contributed by atoms with Crippen LogP contribution in [0, 0.1) is 6.92 Å². The summed E-state index contributed by atoms with van der Waals surface area (Å²) in [5.74, 6) is 0.447. The van der Waals surface area contributed by atoms with Crippen LogP contribution >= 0.6 is 10.2 Å². The predicted molar refractivity (Wildman–Crippen MR) is 129 cm³/mol. The minimum Gasteiger partial charge on any atom is -0.363 e. The lowest BCUT2D eigenvalue weighted by atomic mass is 10.0. The third-order valence-corrected chi connectivity index (χ3v) is 7.62. The zero-order valence-corrected chi connectivity index (χ0v) is 20.9. The van der Waals surface area contributed by atoms with Gasteiger partial charge >= 0.3 is 10.2 Å². The molecule has 36 heavy (non-hydrogen) atoms. The number of nitrogens with one attached hydrogen (secondary N) is 1. The van der Waals surface area contributed by atoms with Gasteiger partial charge in [0, 0.05) is 32.3 Å². The van der Waals surface area contributed by atoms with E-state index in [1.807, 2.05) is 6.92 Å². The van der Waals surface area contributed by atoms with E-state index >= 15 is 0 Å². The van der Waals surface area contributed by atoms with Crippen molar-refractivity contribution in [3.05, 3.63) is 58.3 Å². The van der Waals surface area contributed by atoms with Gasteiger partial charge in [0.2, 0.25) is 5.91 Å². The highest BCUT2D eigenvalue weighted by Crippen LogP contribution is 3.02. The molecule has 4 rings (SSSR count). The number of aromatic nitrogens is 3. The summed E-state index contributed by atoms with van der Waals surface area (Å²) in [6.07, 6.45) is 2.12. The Balaban J connectivity index is 1.76. The van der Waals surface area contributed by atoms with Crippen LogP contribution in [0.4, 0.5) is 25.2 Å². The molecular weight excluding hydrogens is 505 g/mol. The topological polar surface area (TPSA) is 80.1 Å². The number of amides is 1. The average molecular weight is 532 g/mol. The van der Waals surface area contributed by atoms with Gasteiger partial charge in [0.25, 0.3) is 5.56 Å². The van der Waals surface area contributed by atoms with Crippen molar-refractivity contribution in [3.8, 4) is 0 Å². The Morgan fingerprint density at radius 1 is 1.17 bits per heavy atom. The molecule has 7 nitrogen and oxygen atoms in total. The van der Waals surface area contributed by atoms with Crippen LogP contribution in [0.25, 0.3) is 10.9 Å². The molecule has 0 aliphatic carbocycles. The van der Waals surface area contributed by atoms with Crippen molar-refractivity contribution < 1.29 is 24.2 Å². The molecule has 0 saturated carbocycles. The first-order valence-corrected chi connectivity index (χ1v) is 13.1. The average Bonchev–Trinajstić information content (AvgIpc) is 3.15. The molecule has 196 valence electrons. The standard InChI is InChI=1S/C23H26F5N5O2S/c1-14(17-6-5-7-18(10-17)36(24,25,26,27)28)29-22-19-12-33(21(35)11-20(19)30-15(2)31-22)23(4)8-9-32(13-23)16(3)34/h5-7,10-12,14H,8-9,13H2,1-4H3,(H,29,30,31)/t14-,23?/m1/s1. The molecule has 2 atom stereocenters. The predicted octanol–water partition coefficient (Wildman–Crippen LogP) is 5.90. The molecule has 1 amide bonds. The summed E-state index contributed by atoms with van der Waals surface area (Å²) in [6, 6.07) is 3.54. The van der Waals surface area contributed by atoms with E-state index in [2.05, 4.69) is 15.3 Å². The minimum atomic E-state index is -9.84. The molecule has 1 aromatic carbocycles. The third-order valence-electron chi connectivity index (χ3n) is 6.48. The van der Waals surface area contributed by atoms with E-state index in [4.69, 9.17) is 0 Å². The van der Waals surface area contributed by atoms with E-state index in [0.29, 0.717) is 48.4 Å². The molecule has 1 unspecified atom stereocenters. The summed E-state index contributed by atoms with van der Waals surface area (Å²) in [5.41, 5.74) is -0.695. The van der Waals surface area contributed by atoms with Gasteiger partial charge in [0.15, 0.2) is 0 Å². The Kier molecular flexibility index (Phi) is 5.49. The normalized spacial score (nSPS) is 21.2. The fraction of sp³-hybridized carbons (Fsp3) is 0.391. The smallest absolute Gasteiger partial charge is 0.310 e. The maximum Gasteiger partial charge on any atom is 0.310 e. The molecule has 3 aromatic rings. The van der Waals surface area contributed by atoms with E-state index in [1.54, 1.807) is 18.0 Å².